The van der Waals surface area contributed by atoms with Gasteiger partial charge in [-0.25, -0.2) is 13.1 Å². The van der Waals surface area contributed by atoms with Crippen LogP contribution in [0.2, 0.25) is 0 Å². The van der Waals surface area contributed by atoms with Gasteiger partial charge in [0.15, 0.2) is 0 Å². The molecule has 0 radical (unpaired) electrons. The van der Waals surface area contributed by atoms with E-state index < -0.39 is 10.0 Å². The fourth-order valence-electron chi connectivity index (χ4n) is 3.36. The van der Waals surface area contributed by atoms with Crippen molar-refractivity contribution < 1.29 is 17.9 Å². The lowest BCUT2D eigenvalue weighted by molar-refractivity contribution is 0.0723. The molecule has 2 aliphatic heterocycles. The predicted molar refractivity (Wildman–Crippen MR) is 95.1 cm³/mol. The number of nitrogens with one attached hydrogen (secondary N) is 1. The van der Waals surface area contributed by atoms with E-state index in [2.05, 4.69) is 4.72 Å². The van der Waals surface area contributed by atoms with E-state index in [9.17, 15) is 13.2 Å². The monoisotopic (exact) mass is 366 g/mol. The van der Waals surface area contributed by atoms with Crippen molar-refractivity contribution in [1.29, 1.82) is 0 Å². The Balaban J connectivity index is 1.76. The summed E-state index contributed by atoms with van der Waals surface area (Å²) in [5, 5.41) is 0. The Morgan fingerprint density at radius 3 is 2.68 bits per heavy atom. The molecule has 7 heteroatoms. The molecule has 1 atom stereocenters. The van der Waals surface area contributed by atoms with Crippen LogP contribution in [0.5, 0.6) is 0 Å². The van der Waals surface area contributed by atoms with Crippen molar-refractivity contribution in [3.63, 3.8) is 0 Å². The van der Waals surface area contributed by atoms with Gasteiger partial charge < -0.3 is 9.64 Å². The lowest BCUT2D eigenvalue weighted by Gasteiger charge is -2.27. The zero-order valence-corrected chi connectivity index (χ0v) is 15.5. The average molecular weight is 366 g/mol. The van der Waals surface area contributed by atoms with Gasteiger partial charge in [-0.1, -0.05) is 6.07 Å². The molecule has 1 amide bonds. The molecule has 0 unspecified atom stereocenters. The average Bonchev–Trinajstić information content (AvgIpc) is 3.14. The predicted octanol–water partition coefficient (Wildman–Crippen LogP) is 2.08. The van der Waals surface area contributed by atoms with Crippen molar-refractivity contribution in [3.05, 3.63) is 29.3 Å². The number of amides is 1. The number of likely N-dealkylation sites (tertiary alicyclic amines) is 1. The summed E-state index contributed by atoms with van der Waals surface area (Å²) in [4.78, 5) is 14.7. The van der Waals surface area contributed by atoms with E-state index in [4.69, 9.17) is 4.74 Å². The number of carbonyl (C=O) groups is 1. The van der Waals surface area contributed by atoms with E-state index in [-0.39, 0.29) is 23.5 Å². The third-order valence-electron chi connectivity index (χ3n) is 4.92. The molecular weight excluding hydrogens is 340 g/mol. The number of hydrogen-bond acceptors (Lipinski definition) is 4. The van der Waals surface area contributed by atoms with E-state index in [1.54, 1.807) is 12.1 Å². The molecule has 0 aliphatic carbocycles. The van der Waals surface area contributed by atoms with Crippen molar-refractivity contribution >= 4 is 15.9 Å². The molecule has 0 aromatic heterocycles. The minimum atomic E-state index is -3.65. The molecule has 1 aromatic carbocycles. The normalized spacial score (nSPS) is 21.5. The number of aryl methyl sites for hydroxylation is 1. The second-order valence-corrected chi connectivity index (χ2v) is 8.58. The van der Waals surface area contributed by atoms with Crippen LogP contribution < -0.4 is 4.72 Å². The topological polar surface area (TPSA) is 75.7 Å². The molecule has 2 saturated heterocycles. The first kappa shape index (κ1) is 18.4. The fraction of sp³-hybridized carbons (Fsp3) is 0.611. The number of hydrogen-bond donors (Lipinski definition) is 1. The van der Waals surface area contributed by atoms with Crippen LogP contribution in [0, 0.1) is 6.92 Å². The van der Waals surface area contributed by atoms with E-state index in [1.807, 2.05) is 11.8 Å². The lowest BCUT2D eigenvalue weighted by Crippen LogP contribution is -2.36. The van der Waals surface area contributed by atoms with Gasteiger partial charge >= 0.3 is 0 Å². The molecule has 0 bridgehead atoms. The molecule has 25 heavy (non-hydrogen) atoms. The molecule has 138 valence electrons. The molecule has 0 spiro atoms. The smallest absolute Gasteiger partial charge is 0.254 e. The molecule has 2 fully saturated rings. The fourth-order valence-corrected chi connectivity index (χ4v) is 4.45. The standard InChI is InChI=1S/C18H26N2O4S/c1-14-7-8-16(25(22,23)19-13-15-6-5-11-24-15)12-17(14)18(21)20-9-3-2-4-10-20/h7-8,12,15,19H,2-6,9-11,13H2,1H3/t15-/m1/s1. The molecular formula is C18H26N2O4S. The van der Waals surface area contributed by atoms with Crippen LogP contribution in [0.15, 0.2) is 23.1 Å². The van der Waals surface area contributed by atoms with E-state index in [1.165, 1.54) is 6.07 Å². The van der Waals surface area contributed by atoms with Crippen molar-refractivity contribution in [2.75, 3.05) is 26.2 Å². The van der Waals surface area contributed by atoms with Gasteiger partial charge in [-0.15, -0.1) is 0 Å². The van der Waals surface area contributed by atoms with Gasteiger partial charge in [-0.2, -0.15) is 0 Å². The quantitative estimate of drug-likeness (QED) is 0.866. The van der Waals surface area contributed by atoms with Gasteiger partial charge in [-0.3, -0.25) is 4.79 Å². The molecule has 1 N–H and O–H groups in total. The largest absolute Gasteiger partial charge is 0.377 e. The highest BCUT2D eigenvalue weighted by Crippen LogP contribution is 2.20. The summed E-state index contributed by atoms with van der Waals surface area (Å²) in [5.41, 5.74) is 1.27. The first-order chi connectivity index (χ1) is 12.0. The van der Waals surface area contributed by atoms with Crippen LogP contribution in [0.4, 0.5) is 0 Å². The lowest BCUT2D eigenvalue weighted by atomic mass is 10.1. The van der Waals surface area contributed by atoms with Crippen molar-refractivity contribution in [2.24, 2.45) is 0 Å². The highest BCUT2D eigenvalue weighted by molar-refractivity contribution is 7.89. The number of sulfonamides is 1. The number of nitrogens with zero attached hydrogens (tertiary/aromatic N) is 1. The van der Waals surface area contributed by atoms with Gasteiger partial charge in [0.25, 0.3) is 5.91 Å². The Morgan fingerprint density at radius 1 is 1.24 bits per heavy atom. The van der Waals surface area contributed by atoms with Gasteiger partial charge in [0.05, 0.1) is 11.0 Å². The summed E-state index contributed by atoms with van der Waals surface area (Å²) in [5.74, 6) is -0.0756. The van der Waals surface area contributed by atoms with Gasteiger partial charge in [0.1, 0.15) is 0 Å². The highest BCUT2D eigenvalue weighted by Gasteiger charge is 2.24. The highest BCUT2D eigenvalue weighted by atomic mass is 32.2. The summed E-state index contributed by atoms with van der Waals surface area (Å²) in [6, 6.07) is 4.77. The van der Waals surface area contributed by atoms with Crippen molar-refractivity contribution in [3.8, 4) is 0 Å². The molecule has 2 aliphatic rings. The van der Waals surface area contributed by atoms with Crippen molar-refractivity contribution in [2.45, 2.75) is 50.0 Å². The Bertz CT molecular complexity index is 721. The third-order valence-corrected chi connectivity index (χ3v) is 6.34. The van der Waals surface area contributed by atoms with Crippen LogP contribution in [0.25, 0.3) is 0 Å². The summed E-state index contributed by atoms with van der Waals surface area (Å²) in [6.07, 6.45) is 4.93. The minimum Gasteiger partial charge on any atom is -0.377 e. The summed E-state index contributed by atoms with van der Waals surface area (Å²) in [6.45, 7) is 4.28. The SMILES string of the molecule is Cc1ccc(S(=O)(=O)NC[C@H]2CCCO2)cc1C(=O)N1CCCCC1. The van der Waals surface area contributed by atoms with Crippen LogP contribution in [-0.4, -0.2) is 51.6 Å². The van der Waals surface area contributed by atoms with E-state index in [0.29, 0.717) is 12.2 Å². The van der Waals surface area contributed by atoms with E-state index >= 15 is 0 Å². The summed E-state index contributed by atoms with van der Waals surface area (Å²) in [7, 11) is -3.65. The summed E-state index contributed by atoms with van der Waals surface area (Å²) < 4.78 is 33.2. The Morgan fingerprint density at radius 2 is 2.00 bits per heavy atom. The molecule has 3 rings (SSSR count). The number of benzene rings is 1. The Kier molecular flexibility index (Phi) is 5.76. The second kappa shape index (κ2) is 7.85. The van der Waals surface area contributed by atoms with Gasteiger partial charge in [-0.05, 0) is 56.7 Å². The number of carbonyl (C=O) groups excluding carboxylic acids is 1. The van der Waals surface area contributed by atoms with Crippen LogP contribution >= 0.6 is 0 Å². The zero-order valence-electron chi connectivity index (χ0n) is 14.7. The molecule has 6 nitrogen and oxygen atoms in total. The molecule has 0 saturated carbocycles. The van der Waals surface area contributed by atoms with Crippen molar-refractivity contribution in [1.82, 2.24) is 9.62 Å². The summed E-state index contributed by atoms with van der Waals surface area (Å²) >= 11 is 0. The third kappa shape index (κ3) is 4.40. The van der Waals surface area contributed by atoms with Gasteiger partial charge in [0, 0.05) is 31.8 Å². The van der Waals surface area contributed by atoms with Crippen LogP contribution in [-0.2, 0) is 14.8 Å². The number of ether oxygens (including phenoxy) is 1. The molecule has 1 aromatic rings. The van der Waals surface area contributed by atoms with Crippen LogP contribution in [0.1, 0.15) is 48.0 Å². The minimum absolute atomic E-state index is 0.0605. The zero-order chi connectivity index (χ0) is 17.9. The maximum atomic E-state index is 12.8. The Hall–Kier alpha value is -1.44. The second-order valence-electron chi connectivity index (χ2n) is 6.82. The maximum Gasteiger partial charge on any atom is 0.254 e. The first-order valence-electron chi connectivity index (χ1n) is 8.98. The first-order valence-corrected chi connectivity index (χ1v) is 10.5. The number of piperidine rings is 1. The van der Waals surface area contributed by atoms with Crippen LogP contribution in [0.3, 0.4) is 0 Å². The number of rotatable bonds is 5. The van der Waals surface area contributed by atoms with E-state index in [0.717, 1.165) is 50.8 Å². The Labute approximate surface area is 149 Å². The van der Waals surface area contributed by atoms with Gasteiger partial charge in [0.2, 0.25) is 10.0 Å². The molecule has 2 heterocycles. The maximum absolute atomic E-state index is 12.8.